The molecule has 4 nitrogen and oxygen atoms in total. The van der Waals surface area contributed by atoms with E-state index in [2.05, 4.69) is 21.2 Å². The summed E-state index contributed by atoms with van der Waals surface area (Å²) in [7, 11) is 0. The van der Waals surface area contributed by atoms with E-state index >= 15 is 0 Å². The maximum atomic E-state index is 12.2. The number of benzene rings is 1. The second-order valence-corrected chi connectivity index (χ2v) is 6.29. The van der Waals surface area contributed by atoms with Gasteiger partial charge < -0.3 is 10.4 Å². The molecule has 20 heavy (non-hydrogen) atoms. The fourth-order valence-corrected chi connectivity index (χ4v) is 2.95. The second kappa shape index (κ2) is 6.59. The van der Waals surface area contributed by atoms with E-state index in [0.717, 1.165) is 4.47 Å². The predicted octanol–water partition coefficient (Wildman–Crippen LogP) is 3.93. The molecule has 0 aromatic heterocycles. The quantitative estimate of drug-likeness (QED) is 0.858. The average Bonchev–Trinajstić information content (AvgIpc) is 2.43. The smallest absolute Gasteiger partial charge is 0.306 e. The minimum atomic E-state index is -0.763. The van der Waals surface area contributed by atoms with E-state index in [1.165, 1.54) is 0 Å². The van der Waals surface area contributed by atoms with E-state index in [1.54, 1.807) is 18.2 Å². The zero-order valence-electron chi connectivity index (χ0n) is 10.7. The number of anilines is 1. The summed E-state index contributed by atoms with van der Waals surface area (Å²) in [5.41, 5.74) is 0.642. The highest BCUT2D eigenvalue weighted by Gasteiger charge is 2.29. The lowest BCUT2D eigenvalue weighted by Gasteiger charge is -2.25. The molecular weight excluding hydrogens is 346 g/mol. The van der Waals surface area contributed by atoms with E-state index in [-0.39, 0.29) is 17.7 Å². The zero-order valence-corrected chi connectivity index (χ0v) is 13.1. The third-order valence-corrected chi connectivity index (χ3v) is 4.56. The van der Waals surface area contributed by atoms with Crippen LogP contribution in [-0.2, 0) is 9.59 Å². The summed E-state index contributed by atoms with van der Waals surface area (Å²) >= 11 is 9.26. The summed E-state index contributed by atoms with van der Waals surface area (Å²) in [5.74, 6) is -1.27. The van der Waals surface area contributed by atoms with Crippen LogP contribution in [0.5, 0.6) is 0 Å². The minimum absolute atomic E-state index is 0.0724. The van der Waals surface area contributed by atoms with Crippen LogP contribution in [-0.4, -0.2) is 17.0 Å². The first-order valence-corrected chi connectivity index (χ1v) is 7.63. The number of amides is 1. The number of carboxylic acids is 1. The Hall–Kier alpha value is -1.07. The van der Waals surface area contributed by atoms with Crippen molar-refractivity contribution in [1.29, 1.82) is 0 Å². The van der Waals surface area contributed by atoms with Gasteiger partial charge in [-0.15, -0.1) is 0 Å². The molecule has 0 atom stereocenters. The van der Waals surface area contributed by atoms with Crippen molar-refractivity contribution in [2.45, 2.75) is 25.7 Å². The van der Waals surface area contributed by atoms with Gasteiger partial charge in [0.05, 0.1) is 11.6 Å². The molecule has 0 spiro atoms. The van der Waals surface area contributed by atoms with Gasteiger partial charge in [0, 0.05) is 15.4 Å². The molecule has 0 heterocycles. The highest BCUT2D eigenvalue weighted by atomic mass is 79.9. The van der Waals surface area contributed by atoms with Crippen molar-refractivity contribution < 1.29 is 14.7 Å². The van der Waals surface area contributed by atoms with Gasteiger partial charge in [-0.25, -0.2) is 0 Å². The van der Waals surface area contributed by atoms with Crippen molar-refractivity contribution in [2.75, 3.05) is 5.32 Å². The van der Waals surface area contributed by atoms with Crippen molar-refractivity contribution in [3.05, 3.63) is 27.7 Å². The van der Waals surface area contributed by atoms with Gasteiger partial charge in [0.2, 0.25) is 5.91 Å². The Kier molecular flexibility index (Phi) is 5.05. The van der Waals surface area contributed by atoms with Gasteiger partial charge in [-0.1, -0.05) is 11.6 Å². The lowest BCUT2D eigenvalue weighted by molar-refractivity contribution is -0.143. The summed E-state index contributed by atoms with van der Waals surface area (Å²) in [6.07, 6.45) is 2.34. The van der Waals surface area contributed by atoms with Crippen LogP contribution in [0.15, 0.2) is 22.7 Å². The van der Waals surface area contributed by atoms with Crippen molar-refractivity contribution in [2.24, 2.45) is 11.8 Å². The van der Waals surface area contributed by atoms with Crippen LogP contribution in [0, 0.1) is 11.8 Å². The molecule has 6 heteroatoms. The number of rotatable bonds is 3. The molecule has 1 amide bonds. The first-order chi connectivity index (χ1) is 9.47. The van der Waals surface area contributed by atoms with Crippen LogP contribution in [0.25, 0.3) is 0 Å². The monoisotopic (exact) mass is 359 g/mol. The fourth-order valence-electron chi connectivity index (χ4n) is 2.43. The van der Waals surface area contributed by atoms with Crippen LogP contribution in [0.2, 0.25) is 5.02 Å². The van der Waals surface area contributed by atoms with Gasteiger partial charge >= 0.3 is 5.97 Å². The SMILES string of the molecule is O=C(O)C1CCC(C(=O)Nc2cc(Cl)ccc2Br)CC1. The molecule has 0 saturated heterocycles. The summed E-state index contributed by atoms with van der Waals surface area (Å²) in [5, 5.41) is 12.3. The number of carboxylic acid groups (broad SMARTS) is 1. The normalized spacial score (nSPS) is 22.3. The number of carbonyl (C=O) groups excluding carboxylic acids is 1. The van der Waals surface area contributed by atoms with Crippen LogP contribution in [0.1, 0.15) is 25.7 Å². The Morgan fingerprint density at radius 2 is 1.80 bits per heavy atom. The van der Waals surface area contributed by atoms with Gasteiger partial charge in [0.25, 0.3) is 0 Å². The Labute approximate surface area is 130 Å². The summed E-state index contributed by atoms with van der Waals surface area (Å²) in [4.78, 5) is 23.1. The molecule has 0 bridgehead atoms. The molecule has 0 unspecified atom stereocenters. The third-order valence-electron chi connectivity index (χ3n) is 3.63. The fraction of sp³-hybridized carbons (Fsp3) is 0.429. The standard InChI is InChI=1S/C14H15BrClNO3/c15-11-6-5-10(16)7-12(11)17-13(18)8-1-3-9(4-2-8)14(19)20/h5-9H,1-4H2,(H,17,18)(H,19,20). The summed E-state index contributed by atoms with van der Waals surface area (Å²) in [6, 6.07) is 5.20. The molecule has 0 aliphatic heterocycles. The highest BCUT2D eigenvalue weighted by Crippen LogP contribution is 2.31. The number of hydrogen-bond acceptors (Lipinski definition) is 2. The predicted molar refractivity (Wildman–Crippen MR) is 80.9 cm³/mol. The minimum Gasteiger partial charge on any atom is -0.481 e. The maximum absolute atomic E-state index is 12.2. The Balaban J connectivity index is 1.96. The first kappa shape index (κ1) is 15.3. The van der Waals surface area contributed by atoms with Crippen molar-refractivity contribution in [1.82, 2.24) is 0 Å². The molecule has 1 aliphatic carbocycles. The van der Waals surface area contributed by atoms with Crippen molar-refractivity contribution in [3.63, 3.8) is 0 Å². The lowest BCUT2D eigenvalue weighted by atomic mass is 9.81. The lowest BCUT2D eigenvalue weighted by Crippen LogP contribution is -2.29. The molecule has 1 aliphatic rings. The number of carbonyl (C=O) groups is 2. The molecule has 1 saturated carbocycles. The molecule has 1 fully saturated rings. The molecule has 1 aromatic carbocycles. The molecule has 0 radical (unpaired) electrons. The summed E-state index contributed by atoms with van der Waals surface area (Å²) in [6.45, 7) is 0. The maximum Gasteiger partial charge on any atom is 0.306 e. The molecular formula is C14H15BrClNO3. The number of halogens is 2. The van der Waals surface area contributed by atoms with E-state index in [9.17, 15) is 9.59 Å². The number of hydrogen-bond donors (Lipinski definition) is 2. The highest BCUT2D eigenvalue weighted by molar-refractivity contribution is 9.10. The van der Waals surface area contributed by atoms with Gasteiger partial charge in [-0.3, -0.25) is 9.59 Å². The molecule has 2 rings (SSSR count). The topological polar surface area (TPSA) is 66.4 Å². The van der Waals surface area contributed by atoms with Crippen molar-refractivity contribution >= 4 is 45.1 Å². The second-order valence-electron chi connectivity index (χ2n) is 5.00. The van der Waals surface area contributed by atoms with E-state index in [4.69, 9.17) is 16.7 Å². The third kappa shape index (κ3) is 3.73. The first-order valence-electron chi connectivity index (χ1n) is 6.46. The summed E-state index contributed by atoms with van der Waals surface area (Å²) < 4.78 is 0.773. The number of nitrogens with one attached hydrogen (secondary N) is 1. The van der Waals surface area contributed by atoms with Crippen LogP contribution in [0.3, 0.4) is 0 Å². The van der Waals surface area contributed by atoms with Crippen LogP contribution < -0.4 is 5.32 Å². The molecule has 108 valence electrons. The van der Waals surface area contributed by atoms with Crippen LogP contribution >= 0.6 is 27.5 Å². The van der Waals surface area contributed by atoms with Gasteiger partial charge in [0.15, 0.2) is 0 Å². The Bertz CT molecular complexity index is 527. The average molecular weight is 361 g/mol. The molecule has 1 aromatic rings. The van der Waals surface area contributed by atoms with E-state index < -0.39 is 5.97 Å². The largest absolute Gasteiger partial charge is 0.481 e. The van der Waals surface area contributed by atoms with Gasteiger partial charge in [-0.2, -0.15) is 0 Å². The van der Waals surface area contributed by atoms with Crippen molar-refractivity contribution in [3.8, 4) is 0 Å². The molecule has 2 N–H and O–H groups in total. The van der Waals surface area contributed by atoms with E-state index in [0.29, 0.717) is 36.4 Å². The van der Waals surface area contributed by atoms with E-state index in [1.807, 2.05) is 0 Å². The Morgan fingerprint density at radius 3 is 2.40 bits per heavy atom. The zero-order chi connectivity index (χ0) is 14.7. The Morgan fingerprint density at radius 1 is 1.20 bits per heavy atom. The number of aliphatic carboxylic acids is 1. The van der Waals surface area contributed by atoms with Gasteiger partial charge in [0.1, 0.15) is 0 Å². The van der Waals surface area contributed by atoms with Gasteiger partial charge in [-0.05, 0) is 59.8 Å². The van der Waals surface area contributed by atoms with Crippen LogP contribution in [0.4, 0.5) is 5.69 Å².